The molecule has 0 spiro atoms. The Labute approximate surface area is 180 Å². The van der Waals surface area contributed by atoms with Crippen LogP contribution in [0.4, 0.5) is 4.39 Å². The molecule has 142 valence electrons. The SMILES string of the molecule is CN=C(NCc1ccc(F)c(C)c1)NCc1csc(-c2ccccc2)n1.I. The van der Waals surface area contributed by atoms with Crippen LogP contribution in [0, 0.1) is 12.7 Å². The number of aryl methyl sites for hydroxylation is 1. The Morgan fingerprint density at radius 1 is 1.11 bits per heavy atom. The number of hydrogen-bond acceptors (Lipinski definition) is 3. The van der Waals surface area contributed by atoms with Crippen molar-refractivity contribution in [2.24, 2.45) is 4.99 Å². The fourth-order valence-corrected chi connectivity index (χ4v) is 3.32. The van der Waals surface area contributed by atoms with Gasteiger partial charge in [-0.1, -0.05) is 42.5 Å². The maximum atomic E-state index is 13.3. The summed E-state index contributed by atoms with van der Waals surface area (Å²) in [6, 6.07) is 15.2. The van der Waals surface area contributed by atoms with E-state index in [4.69, 9.17) is 0 Å². The first-order valence-electron chi connectivity index (χ1n) is 8.35. The molecule has 0 amide bonds. The summed E-state index contributed by atoms with van der Waals surface area (Å²) >= 11 is 1.63. The van der Waals surface area contributed by atoms with Crippen LogP contribution >= 0.6 is 35.3 Å². The number of aromatic nitrogens is 1. The standard InChI is InChI=1S/C20H21FN4S.HI/c1-14-10-15(8-9-18(14)21)11-23-20(22-2)24-12-17-13-26-19(25-17)16-6-4-3-5-7-16;/h3-10,13H,11-12H2,1-2H3,(H2,22,23,24);1H. The van der Waals surface area contributed by atoms with E-state index in [1.54, 1.807) is 31.4 Å². The highest BCUT2D eigenvalue weighted by molar-refractivity contribution is 14.0. The van der Waals surface area contributed by atoms with Gasteiger partial charge in [-0.2, -0.15) is 0 Å². The van der Waals surface area contributed by atoms with Crippen molar-refractivity contribution in [2.75, 3.05) is 7.05 Å². The van der Waals surface area contributed by atoms with Gasteiger partial charge in [0.1, 0.15) is 10.8 Å². The smallest absolute Gasteiger partial charge is 0.191 e. The number of thiazole rings is 1. The normalized spacial score (nSPS) is 11.0. The summed E-state index contributed by atoms with van der Waals surface area (Å²) in [5.41, 5.74) is 3.74. The van der Waals surface area contributed by atoms with Crippen molar-refractivity contribution >= 4 is 41.3 Å². The number of benzene rings is 2. The maximum Gasteiger partial charge on any atom is 0.191 e. The van der Waals surface area contributed by atoms with Crippen LogP contribution < -0.4 is 10.6 Å². The molecule has 0 aliphatic carbocycles. The van der Waals surface area contributed by atoms with Crippen molar-refractivity contribution in [1.29, 1.82) is 0 Å². The molecular weight excluding hydrogens is 474 g/mol. The molecule has 0 radical (unpaired) electrons. The van der Waals surface area contributed by atoms with Crippen molar-refractivity contribution < 1.29 is 4.39 Å². The fourth-order valence-electron chi connectivity index (χ4n) is 2.50. The van der Waals surface area contributed by atoms with E-state index in [0.717, 1.165) is 21.8 Å². The number of nitrogens with zero attached hydrogens (tertiary/aromatic N) is 2. The van der Waals surface area contributed by atoms with Crippen molar-refractivity contribution in [2.45, 2.75) is 20.0 Å². The monoisotopic (exact) mass is 496 g/mol. The second-order valence-corrected chi connectivity index (χ2v) is 6.73. The van der Waals surface area contributed by atoms with Crippen molar-refractivity contribution in [1.82, 2.24) is 15.6 Å². The molecule has 0 bridgehead atoms. The van der Waals surface area contributed by atoms with Gasteiger partial charge in [-0.25, -0.2) is 9.37 Å². The van der Waals surface area contributed by atoms with Gasteiger partial charge < -0.3 is 10.6 Å². The Morgan fingerprint density at radius 3 is 2.56 bits per heavy atom. The predicted molar refractivity (Wildman–Crippen MR) is 121 cm³/mol. The van der Waals surface area contributed by atoms with E-state index in [9.17, 15) is 4.39 Å². The zero-order chi connectivity index (χ0) is 18.4. The Hall–Kier alpha value is -2.00. The molecule has 0 atom stereocenters. The number of guanidine groups is 1. The van der Waals surface area contributed by atoms with Gasteiger partial charge in [0.2, 0.25) is 0 Å². The van der Waals surface area contributed by atoms with Crippen LogP contribution in [0.2, 0.25) is 0 Å². The largest absolute Gasteiger partial charge is 0.352 e. The zero-order valence-corrected chi connectivity index (χ0v) is 18.3. The second-order valence-electron chi connectivity index (χ2n) is 5.87. The molecule has 7 heteroatoms. The average Bonchev–Trinajstić information content (AvgIpc) is 3.14. The first kappa shape index (κ1) is 21.3. The zero-order valence-electron chi connectivity index (χ0n) is 15.2. The minimum Gasteiger partial charge on any atom is -0.352 e. The summed E-state index contributed by atoms with van der Waals surface area (Å²) < 4.78 is 13.3. The molecule has 0 aliphatic rings. The van der Waals surface area contributed by atoms with Gasteiger partial charge in [-0.3, -0.25) is 4.99 Å². The van der Waals surface area contributed by atoms with Crippen molar-refractivity contribution in [3.63, 3.8) is 0 Å². The lowest BCUT2D eigenvalue weighted by Gasteiger charge is -2.11. The number of rotatable bonds is 5. The Morgan fingerprint density at radius 2 is 1.85 bits per heavy atom. The van der Waals surface area contributed by atoms with E-state index in [1.807, 2.05) is 29.6 Å². The Kier molecular flexibility index (Phi) is 8.18. The third kappa shape index (κ3) is 6.00. The van der Waals surface area contributed by atoms with Gasteiger partial charge >= 0.3 is 0 Å². The fraction of sp³-hybridized carbons (Fsp3) is 0.200. The Balaban J connectivity index is 0.00000261. The molecule has 0 unspecified atom stereocenters. The molecule has 27 heavy (non-hydrogen) atoms. The maximum absolute atomic E-state index is 13.3. The van der Waals surface area contributed by atoms with Crippen LogP contribution in [0.15, 0.2) is 58.9 Å². The minimum atomic E-state index is -0.186. The van der Waals surface area contributed by atoms with E-state index in [1.165, 1.54) is 6.07 Å². The summed E-state index contributed by atoms with van der Waals surface area (Å²) in [6.45, 7) is 2.93. The van der Waals surface area contributed by atoms with Gasteiger partial charge in [-0.15, -0.1) is 35.3 Å². The van der Waals surface area contributed by atoms with Gasteiger partial charge in [0.15, 0.2) is 5.96 Å². The molecule has 0 aliphatic heterocycles. The molecule has 0 saturated heterocycles. The lowest BCUT2D eigenvalue weighted by atomic mass is 10.1. The highest BCUT2D eigenvalue weighted by Crippen LogP contribution is 2.23. The summed E-state index contributed by atoms with van der Waals surface area (Å²) in [6.07, 6.45) is 0. The predicted octanol–water partition coefficient (Wildman–Crippen LogP) is 4.74. The van der Waals surface area contributed by atoms with Crippen LogP contribution in [0.25, 0.3) is 10.6 Å². The Bertz CT molecular complexity index is 896. The van der Waals surface area contributed by atoms with Gasteiger partial charge in [0, 0.05) is 24.5 Å². The molecule has 4 nitrogen and oxygen atoms in total. The van der Waals surface area contributed by atoms with Crippen LogP contribution in [0.1, 0.15) is 16.8 Å². The third-order valence-electron chi connectivity index (χ3n) is 3.92. The van der Waals surface area contributed by atoms with Crippen LogP contribution in [-0.2, 0) is 13.1 Å². The van der Waals surface area contributed by atoms with Crippen LogP contribution in [0.5, 0.6) is 0 Å². The van der Waals surface area contributed by atoms with E-state index >= 15 is 0 Å². The summed E-state index contributed by atoms with van der Waals surface area (Å²) in [5, 5.41) is 9.54. The molecule has 2 aromatic carbocycles. The van der Waals surface area contributed by atoms with Crippen molar-refractivity contribution in [3.8, 4) is 10.6 Å². The minimum absolute atomic E-state index is 0. The molecule has 1 aromatic heterocycles. The topological polar surface area (TPSA) is 49.3 Å². The quantitative estimate of drug-likeness (QED) is 0.305. The lowest BCUT2D eigenvalue weighted by Crippen LogP contribution is -2.36. The molecule has 2 N–H and O–H groups in total. The first-order valence-corrected chi connectivity index (χ1v) is 9.23. The number of halogens is 2. The highest BCUT2D eigenvalue weighted by Gasteiger charge is 2.06. The van der Waals surface area contributed by atoms with Crippen molar-refractivity contribution in [3.05, 3.63) is 76.5 Å². The second kappa shape index (κ2) is 10.4. The van der Waals surface area contributed by atoms with Crippen LogP contribution in [0.3, 0.4) is 0 Å². The van der Waals surface area contributed by atoms with Gasteiger partial charge in [0.05, 0.1) is 12.2 Å². The summed E-state index contributed by atoms with van der Waals surface area (Å²) in [5.74, 6) is 0.496. The molecule has 3 rings (SSSR count). The van der Waals surface area contributed by atoms with E-state index in [2.05, 4.69) is 32.7 Å². The summed E-state index contributed by atoms with van der Waals surface area (Å²) in [7, 11) is 1.72. The van der Waals surface area contributed by atoms with E-state index < -0.39 is 0 Å². The molecule has 0 saturated carbocycles. The molecule has 1 heterocycles. The average molecular weight is 496 g/mol. The third-order valence-corrected chi connectivity index (χ3v) is 4.86. The number of nitrogens with one attached hydrogen (secondary N) is 2. The van der Waals surface area contributed by atoms with Crippen LogP contribution in [-0.4, -0.2) is 18.0 Å². The molecule has 0 fully saturated rings. The van der Waals surface area contributed by atoms with Gasteiger partial charge in [-0.05, 0) is 24.1 Å². The molecule has 3 aromatic rings. The number of aliphatic imine (C=N–C) groups is 1. The first-order chi connectivity index (χ1) is 12.7. The lowest BCUT2D eigenvalue weighted by molar-refractivity contribution is 0.617. The van der Waals surface area contributed by atoms with E-state index in [-0.39, 0.29) is 29.8 Å². The summed E-state index contributed by atoms with van der Waals surface area (Å²) in [4.78, 5) is 8.88. The molecular formula is C20H22FIN4S. The van der Waals surface area contributed by atoms with E-state index in [0.29, 0.717) is 24.6 Å². The van der Waals surface area contributed by atoms with Gasteiger partial charge in [0.25, 0.3) is 0 Å². The highest BCUT2D eigenvalue weighted by atomic mass is 127. The number of hydrogen-bond donors (Lipinski definition) is 2.